The zero-order chi connectivity index (χ0) is 52.4. The molecule has 0 unspecified atom stereocenters. The molecule has 0 spiro atoms. The molecule has 0 saturated carbocycles. The third-order valence-electron chi connectivity index (χ3n) is 8.96. The zero-order valence-corrected chi connectivity index (χ0v) is 41.8. The topological polar surface area (TPSA) is 412 Å². The number of guanidine groups is 2. The van der Waals surface area contributed by atoms with Gasteiger partial charge in [-0.1, -0.05) is 69.2 Å². The number of hydrogen-bond donors (Lipinski definition) is 12. The number of carbonyl (C=O) groups is 8. The molecule has 6 amide bonds. The number of hydrogen-bond acceptors (Lipinski definition) is 12. The maximum Gasteiger partial charge on any atom is 0.394 e. The van der Waals surface area contributed by atoms with E-state index in [2.05, 4.69) is 41.9 Å². The lowest BCUT2D eigenvalue weighted by atomic mass is 9.99. The molecule has 0 aromatic heterocycles. The van der Waals surface area contributed by atoms with E-state index in [0.717, 1.165) is 0 Å². The van der Waals surface area contributed by atoms with Gasteiger partial charge in [-0.2, -0.15) is 8.42 Å². The van der Waals surface area contributed by atoms with Gasteiger partial charge in [-0.15, -0.1) is 0 Å². The largest absolute Gasteiger partial charge is 0.394 e. The molecule has 67 heavy (non-hydrogen) atoms. The molecule has 0 aliphatic carbocycles. The van der Waals surface area contributed by atoms with Crippen molar-refractivity contribution >= 4 is 70.3 Å². The van der Waals surface area contributed by atoms with Crippen LogP contribution in [0, 0.1) is 23.7 Å². The number of aliphatic imine (C=N–C) groups is 2. The molecular formula is C42H82N12O12S. The fourth-order valence-corrected chi connectivity index (χ4v) is 5.90. The lowest BCUT2D eigenvalue weighted by Gasteiger charge is -2.26. The Morgan fingerprint density at radius 2 is 0.731 bits per heavy atom. The Labute approximate surface area is 396 Å². The quantitative estimate of drug-likeness (QED) is 0.0145. The van der Waals surface area contributed by atoms with Crippen molar-refractivity contribution in [3.05, 3.63) is 0 Å². The maximum absolute atomic E-state index is 12.8. The van der Waals surface area contributed by atoms with Gasteiger partial charge in [0, 0.05) is 25.9 Å². The summed E-state index contributed by atoms with van der Waals surface area (Å²) in [5, 5.41) is 16.3. The molecule has 388 valence electrons. The van der Waals surface area contributed by atoms with Gasteiger partial charge in [0.25, 0.3) is 0 Å². The highest BCUT2D eigenvalue weighted by Gasteiger charge is 2.30. The summed E-state index contributed by atoms with van der Waals surface area (Å²) >= 11 is 0. The van der Waals surface area contributed by atoms with E-state index in [1.165, 1.54) is 0 Å². The van der Waals surface area contributed by atoms with Crippen molar-refractivity contribution in [2.75, 3.05) is 13.1 Å². The first-order valence-electron chi connectivity index (χ1n) is 22.5. The normalized spacial score (nSPS) is 13.6. The number of carbonyl (C=O) groups excluding carboxylic acids is 8. The number of amides is 6. The van der Waals surface area contributed by atoms with Crippen molar-refractivity contribution in [1.82, 2.24) is 31.9 Å². The summed E-state index contributed by atoms with van der Waals surface area (Å²) in [6, 6.07) is -4.51. The minimum Gasteiger partial charge on any atom is -0.370 e. The van der Waals surface area contributed by atoms with Crippen LogP contribution in [-0.2, 0) is 48.8 Å². The Hall–Kier alpha value is -5.43. The van der Waals surface area contributed by atoms with Crippen LogP contribution in [0.1, 0.15) is 133 Å². The van der Waals surface area contributed by atoms with Gasteiger partial charge in [0.1, 0.15) is 36.7 Å². The molecule has 0 bridgehead atoms. The Kier molecular flexibility index (Phi) is 36.0. The van der Waals surface area contributed by atoms with Gasteiger partial charge in [0.15, 0.2) is 11.9 Å². The van der Waals surface area contributed by atoms with E-state index in [1.807, 2.05) is 55.4 Å². The molecule has 0 aliphatic rings. The Bertz CT molecular complexity index is 1570. The summed E-state index contributed by atoms with van der Waals surface area (Å²) in [4.78, 5) is 105. The fraction of sp³-hybridized carbons (Fsp3) is 0.762. The van der Waals surface area contributed by atoms with E-state index in [0.29, 0.717) is 77.0 Å². The predicted octanol–water partition coefficient (Wildman–Crippen LogP) is -0.262. The van der Waals surface area contributed by atoms with Crippen molar-refractivity contribution in [3.8, 4) is 0 Å². The summed E-state index contributed by atoms with van der Waals surface area (Å²) in [6.45, 7) is 19.7. The molecule has 0 fully saturated rings. The molecule has 0 aromatic rings. The van der Waals surface area contributed by atoms with Crippen molar-refractivity contribution in [3.63, 3.8) is 0 Å². The van der Waals surface area contributed by atoms with E-state index in [4.69, 9.17) is 40.5 Å². The Balaban J connectivity index is -0.00000111. The molecule has 0 rings (SSSR count). The van der Waals surface area contributed by atoms with Crippen LogP contribution in [0.2, 0.25) is 0 Å². The first-order valence-corrected chi connectivity index (χ1v) is 23.9. The standard InChI is InChI=1S/2C21H40N6O4.H2O4S/c2*1-6-18(29)26-16(10-13(2)3)20(31)27-17(11-14(4)5)19(30)25-15(12-28)8-7-9-24-21(22)23;1-5(2,3)4/h2*12-17H,6-11H2,1-5H3,(H,25,30)(H,26,29)(H,27,31)(H4,22,23,24);(H2,1,2,3,4)/t2*15-,16-,17-;/m00./s1. The van der Waals surface area contributed by atoms with Gasteiger partial charge < -0.3 is 64.4 Å². The highest BCUT2D eigenvalue weighted by Crippen LogP contribution is 2.12. The van der Waals surface area contributed by atoms with Crippen molar-refractivity contribution in [2.24, 2.45) is 56.6 Å². The third-order valence-corrected chi connectivity index (χ3v) is 8.96. The van der Waals surface area contributed by atoms with Crippen LogP contribution < -0.4 is 54.8 Å². The lowest BCUT2D eigenvalue weighted by molar-refractivity contribution is -0.133. The summed E-state index contributed by atoms with van der Waals surface area (Å²) in [6.07, 6.45) is 5.32. The second-order valence-electron chi connectivity index (χ2n) is 17.4. The van der Waals surface area contributed by atoms with Crippen LogP contribution in [0.15, 0.2) is 9.98 Å². The maximum atomic E-state index is 12.8. The third kappa shape index (κ3) is 39.5. The molecule has 0 aromatic carbocycles. The highest BCUT2D eigenvalue weighted by atomic mass is 32.3. The molecule has 16 N–H and O–H groups in total. The first kappa shape index (κ1) is 65.8. The Morgan fingerprint density at radius 3 is 0.940 bits per heavy atom. The smallest absolute Gasteiger partial charge is 0.370 e. The van der Waals surface area contributed by atoms with Gasteiger partial charge in [-0.05, 0) is 75.0 Å². The number of nitrogens with zero attached hydrogens (tertiary/aromatic N) is 2. The average Bonchev–Trinajstić information content (AvgIpc) is 3.20. The summed E-state index contributed by atoms with van der Waals surface area (Å²) in [5.74, 6) is -1.61. The van der Waals surface area contributed by atoms with Crippen molar-refractivity contribution < 1.29 is 55.9 Å². The highest BCUT2D eigenvalue weighted by molar-refractivity contribution is 7.79. The molecule has 0 aliphatic heterocycles. The van der Waals surface area contributed by atoms with Gasteiger partial charge in [0.05, 0.1) is 12.1 Å². The van der Waals surface area contributed by atoms with Crippen LogP contribution >= 0.6 is 0 Å². The number of rotatable bonds is 30. The van der Waals surface area contributed by atoms with E-state index >= 15 is 0 Å². The lowest BCUT2D eigenvalue weighted by Crippen LogP contribution is -2.55. The van der Waals surface area contributed by atoms with Crippen LogP contribution in [0.4, 0.5) is 0 Å². The van der Waals surface area contributed by atoms with Crippen LogP contribution in [0.5, 0.6) is 0 Å². The minimum absolute atomic E-state index is 0.0301. The average molecular weight is 979 g/mol. The monoisotopic (exact) mass is 979 g/mol. The van der Waals surface area contributed by atoms with Gasteiger partial charge in [0.2, 0.25) is 35.4 Å². The first-order chi connectivity index (χ1) is 31.0. The summed E-state index contributed by atoms with van der Waals surface area (Å²) < 4.78 is 31.6. The van der Waals surface area contributed by atoms with E-state index in [1.54, 1.807) is 13.8 Å². The number of aldehydes is 2. The second-order valence-corrected chi connectivity index (χ2v) is 18.3. The van der Waals surface area contributed by atoms with Gasteiger partial charge in [-0.25, -0.2) is 0 Å². The Morgan fingerprint density at radius 1 is 0.493 bits per heavy atom. The second kappa shape index (κ2) is 36.7. The number of nitrogens with two attached hydrogens (primary N) is 4. The number of nitrogens with one attached hydrogen (secondary N) is 6. The SMILES string of the molecule is CCC(=O)N[C@@H](CC(C)C)C(=O)N[C@@H](CC(C)C)C(=O)N[C@H](C=O)CCCN=C(N)N.CCC(=O)N[C@@H](CC(C)C)C(=O)N[C@@H](CC(C)C)C(=O)N[C@H](C=O)CCCN=C(N)N.O=S(=O)(O)O. The molecule has 24 nitrogen and oxygen atoms in total. The molecule has 6 atom stereocenters. The van der Waals surface area contributed by atoms with Crippen molar-refractivity contribution in [2.45, 2.75) is 170 Å². The zero-order valence-electron chi connectivity index (χ0n) is 41.0. The van der Waals surface area contributed by atoms with Crippen LogP contribution in [-0.4, -0.2) is 127 Å². The van der Waals surface area contributed by atoms with E-state index < -0.39 is 70.3 Å². The van der Waals surface area contributed by atoms with Crippen molar-refractivity contribution in [1.29, 1.82) is 0 Å². The van der Waals surface area contributed by atoms with Gasteiger partial charge >= 0.3 is 10.4 Å². The molecule has 25 heteroatoms. The molecule has 0 saturated heterocycles. The molecule has 0 radical (unpaired) electrons. The van der Waals surface area contributed by atoms with Gasteiger partial charge in [-0.3, -0.25) is 47.9 Å². The molecule has 0 heterocycles. The summed E-state index contributed by atoms with van der Waals surface area (Å²) in [5.41, 5.74) is 21.1. The minimum atomic E-state index is -4.67. The van der Waals surface area contributed by atoms with Crippen LogP contribution in [0.25, 0.3) is 0 Å². The van der Waals surface area contributed by atoms with Crippen LogP contribution in [0.3, 0.4) is 0 Å². The predicted molar refractivity (Wildman–Crippen MR) is 256 cm³/mol. The fourth-order valence-electron chi connectivity index (χ4n) is 5.90. The molecular weight excluding hydrogens is 897 g/mol. The van der Waals surface area contributed by atoms with E-state index in [9.17, 15) is 38.4 Å². The summed E-state index contributed by atoms with van der Waals surface area (Å²) in [7, 11) is -4.67. The van der Waals surface area contributed by atoms with E-state index in [-0.39, 0.29) is 60.2 Å².